The van der Waals surface area contributed by atoms with Gasteiger partial charge in [-0.2, -0.15) is 0 Å². The summed E-state index contributed by atoms with van der Waals surface area (Å²) in [6.45, 7) is 0.915. The average molecular weight is 448 g/mol. The topological polar surface area (TPSA) is 111 Å². The highest BCUT2D eigenvalue weighted by Crippen LogP contribution is 2.45. The van der Waals surface area contributed by atoms with Crippen molar-refractivity contribution < 1.29 is 28.7 Å². The highest BCUT2D eigenvalue weighted by atomic mass is 16.5. The minimum absolute atomic E-state index is 0.105. The van der Waals surface area contributed by atoms with Crippen LogP contribution in [-0.4, -0.2) is 47.3 Å². The van der Waals surface area contributed by atoms with Gasteiger partial charge in [-0.25, -0.2) is 4.57 Å². The number of carbonyl (C=O) groups is 2. The number of rotatable bonds is 8. The number of imidazole rings is 1. The summed E-state index contributed by atoms with van der Waals surface area (Å²) in [6, 6.07) is 7.36. The first kappa shape index (κ1) is 22.1. The number of ketones is 1. The van der Waals surface area contributed by atoms with Gasteiger partial charge >= 0.3 is 0 Å². The smallest absolute Gasteiger partial charge is 0.295 e. The first-order valence-corrected chi connectivity index (χ1v) is 10.5. The molecule has 0 bridgehead atoms. The van der Waals surface area contributed by atoms with Crippen molar-refractivity contribution in [3.8, 4) is 11.5 Å². The lowest BCUT2D eigenvalue weighted by molar-refractivity contribution is -0.695. The molecule has 1 N–H and O–H groups in total. The van der Waals surface area contributed by atoms with E-state index in [1.807, 2.05) is 17.1 Å². The molecule has 1 atom stereocenters. The number of amides is 1. The van der Waals surface area contributed by atoms with E-state index in [-0.39, 0.29) is 17.7 Å². The molecule has 170 valence electrons. The zero-order chi connectivity index (χ0) is 23.4. The highest BCUT2D eigenvalue weighted by Gasteiger charge is 2.45. The summed E-state index contributed by atoms with van der Waals surface area (Å²) < 4.78 is 12.9. The standard InChI is InChI=1S/C24H24N4O5/c1-32-18-6-3-5-17(23(18)33-2)20-19(21(29)16-7-9-25-10-8-16)22(30)24(31)28(20)13-4-12-27-14-11-26-15-27/h3,5-11,14-15,20H,4,12-13H2,1-2H3,(H,29,30). The molecule has 1 unspecified atom stereocenters. The van der Waals surface area contributed by atoms with Gasteiger partial charge in [0, 0.05) is 36.5 Å². The van der Waals surface area contributed by atoms with Crippen molar-refractivity contribution in [3.63, 3.8) is 0 Å². The zero-order valence-corrected chi connectivity index (χ0v) is 18.4. The maximum absolute atomic E-state index is 13.4. The molecule has 0 radical (unpaired) electrons. The van der Waals surface area contributed by atoms with Crippen LogP contribution in [0.4, 0.5) is 0 Å². The van der Waals surface area contributed by atoms with E-state index in [2.05, 4.69) is 9.97 Å². The third-order valence-corrected chi connectivity index (χ3v) is 5.62. The molecule has 0 saturated carbocycles. The number of pyridine rings is 1. The molecule has 1 saturated heterocycles. The van der Waals surface area contributed by atoms with E-state index in [4.69, 9.17) is 9.47 Å². The lowest BCUT2D eigenvalue weighted by Crippen LogP contribution is -2.36. The number of H-pyrrole nitrogens is 1. The monoisotopic (exact) mass is 448 g/mol. The number of benzene rings is 1. The number of aromatic nitrogens is 3. The van der Waals surface area contributed by atoms with Gasteiger partial charge in [0.2, 0.25) is 12.1 Å². The number of hydrogen-bond acceptors (Lipinski definition) is 6. The number of para-hydroxylation sites is 1. The molecule has 1 amide bonds. The summed E-state index contributed by atoms with van der Waals surface area (Å²) in [5, 5.41) is 13.4. The molecular formula is C24H24N4O5. The van der Waals surface area contributed by atoms with Crippen LogP contribution in [-0.2, 0) is 16.1 Å². The van der Waals surface area contributed by atoms with Gasteiger partial charge in [0.15, 0.2) is 11.5 Å². The van der Waals surface area contributed by atoms with Crippen LogP contribution < -0.4 is 19.1 Å². The van der Waals surface area contributed by atoms with Crippen molar-refractivity contribution in [1.82, 2.24) is 14.9 Å². The number of ether oxygens (including phenoxy) is 2. The Morgan fingerprint density at radius 3 is 2.64 bits per heavy atom. The lowest BCUT2D eigenvalue weighted by atomic mass is 9.94. The van der Waals surface area contributed by atoms with Gasteiger partial charge in [0.25, 0.3) is 5.91 Å². The molecule has 2 aromatic heterocycles. The first-order chi connectivity index (χ1) is 16.1. The van der Waals surface area contributed by atoms with E-state index in [1.165, 1.54) is 43.6 Å². The van der Waals surface area contributed by atoms with Crippen molar-refractivity contribution in [2.45, 2.75) is 19.0 Å². The van der Waals surface area contributed by atoms with Crippen LogP contribution in [0.1, 0.15) is 23.6 Å². The first-order valence-electron chi connectivity index (χ1n) is 10.5. The van der Waals surface area contributed by atoms with E-state index < -0.39 is 23.5 Å². The molecule has 1 aromatic carbocycles. The minimum atomic E-state index is -0.896. The van der Waals surface area contributed by atoms with Gasteiger partial charge in [-0.1, -0.05) is 17.9 Å². The van der Waals surface area contributed by atoms with Crippen LogP contribution in [0.2, 0.25) is 0 Å². The summed E-state index contributed by atoms with van der Waals surface area (Å²) in [5.41, 5.74) is 0.701. The second kappa shape index (κ2) is 9.56. The number of carbonyl (C=O) groups excluding carboxylic acids is 2. The highest BCUT2D eigenvalue weighted by molar-refractivity contribution is 6.46. The molecule has 9 heteroatoms. The lowest BCUT2D eigenvalue weighted by Gasteiger charge is -2.29. The molecule has 0 spiro atoms. The Kier molecular flexibility index (Phi) is 6.39. The predicted molar refractivity (Wildman–Crippen MR) is 116 cm³/mol. The Bertz CT molecular complexity index is 1170. The quantitative estimate of drug-likeness (QED) is 0.238. The number of nitrogens with zero attached hydrogens (tertiary/aromatic N) is 3. The summed E-state index contributed by atoms with van der Waals surface area (Å²) in [6.07, 6.45) is 9.02. The van der Waals surface area contributed by atoms with E-state index in [9.17, 15) is 14.7 Å². The largest absolute Gasteiger partial charge is 0.872 e. The number of hydrogen-bond donors (Lipinski definition) is 1. The van der Waals surface area contributed by atoms with Crippen molar-refractivity contribution in [1.29, 1.82) is 0 Å². The van der Waals surface area contributed by atoms with Crippen LogP contribution in [0.15, 0.2) is 67.0 Å². The molecule has 0 aliphatic carbocycles. The maximum atomic E-state index is 13.4. The summed E-state index contributed by atoms with van der Waals surface area (Å²) in [4.78, 5) is 34.5. The van der Waals surface area contributed by atoms with E-state index in [0.29, 0.717) is 30.0 Å². The van der Waals surface area contributed by atoms with Gasteiger partial charge in [0.1, 0.15) is 12.4 Å². The Balaban J connectivity index is 1.81. The summed E-state index contributed by atoms with van der Waals surface area (Å²) in [5.74, 6) is -1.20. The molecule has 3 heterocycles. The van der Waals surface area contributed by atoms with Crippen molar-refractivity contribution in [2.24, 2.45) is 0 Å². The number of likely N-dealkylation sites (tertiary alicyclic amines) is 1. The van der Waals surface area contributed by atoms with Crippen LogP contribution in [0.25, 0.3) is 5.76 Å². The molecule has 33 heavy (non-hydrogen) atoms. The Labute approximate surface area is 190 Å². The van der Waals surface area contributed by atoms with Crippen LogP contribution >= 0.6 is 0 Å². The third kappa shape index (κ3) is 4.17. The molecule has 4 rings (SSSR count). The van der Waals surface area contributed by atoms with E-state index >= 15 is 0 Å². The van der Waals surface area contributed by atoms with Gasteiger partial charge in [-0.05, 0) is 23.8 Å². The molecule has 3 aromatic rings. The molecule has 1 aliphatic heterocycles. The van der Waals surface area contributed by atoms with Gasteiger partial charge in [-0.15, -0.1) is 0 Å². The Hall–Kier alpha value is -4.14. The summed E-state index contributed by atoms with van der Waals surface area (Å²) in [7, 11) is 2.99. The van der Waals surface area contributed by atoms with Crippen molar-refractivity contribution in [3.05, 3.63) is 78.1 Å². The maximum Gasteiger partial charge on any atom is 0.295 e. The van der Waals surface area contributed by atoms with Crippen LogP contribution in [0.5, 0.6) is 11.5 Å². The molecule has 9 nitrogen and oxygen atoms in total. The average Bonchev–Trinajstić information content (AvgIpc) is 3.45. The van der Waals surface area contributed by atoms with Crippen molar-refractivity contribution >= 4 is 17.4 Å². The van der Waals surface area contributed by atoms with Gasteiger partial charge in [-0.3, -0.25) is 19.6 Å². The zero-order valence-electron chi connectivity index (χ0n) is 18.4. The minimum Gasteiger partial charge on any atom is -0.872 e. The second-order valence-electron chi connectivity index (χ2n) is 7.49. The van der Waals surface area contributed by atoms with E-state index in [0.717, 1.165) is 0 Å². The predicted octanol–water partition coefficient (Wildman–Crippen LogP) is 1.03. The Morgan fingerprint density at radius 1 is 1.18 bits per heavy atom. The Morgan fingerprint density at radius 2 is 1.97 bits per heavy atom. The fourth-order valence-corrected chi connectivity index (χ4v) is 4.09. The molecule has 1 aliphatic rings. The summed E-state index contributed by atoms with van der Waals surface area (Å²) >= 11 is 0. The van der Waals surface area contributed by atoms with Crippen LogP contribution in [0, 0.1) is 0 Å². The number of aromatic amines is 1. The van der Waals surface area contributed by atoms with Gasteiger partial charge in [0.05, 0.1) is 26.8 Å². The number of nitrogens with one attached hydrogen (secondary N) is 1. The van der Waals surface area contributed by atoms with Crippen molar-refractivity contribution in [2.75, 3.05) is 20.8 Å². The number of Topliss-reactive ketones (excluding diaryl/α,β-unsaturated/α-hetero) is 1. The van der Waals surface area contributed by atoms with Gasteiger partial charge < -0.3 is 19.5 Å². The second-order valence-corrected chi connectivity index (χ2v) is 7.49. The molecular weight excluding hydrogens is 424 g/mol. The third-order valence-electron chi connectivity index (χ3n) is 5.62. The fourth-order valence-electron chi connectivity index (χ4n) is 4.09. The fraction of sp³-hybridized carbons (Fsp3) is 0.250. The number of aryl methyl sites for hydroxylation is 1. The van der Waals surface area contributed by atoms with E-state index in [1.54, 1.807) is 24.4 Å². The normalized spacial score (nSPS) is 17.4. The van der Waals surface area contributed by atoms with Crippen LogP contribution in [0.3, 0.4) is 0 Å². The number of methoxy groups -OCH3 is 2. The SMILES string of the molecule is COc1cccc(C2C(=C([O-])c3ccncc3)C(=O)C(=O)N2CCC[n+]2cc[nH]c2)c1OC. The molecule has 1 fully saturated rings.